The molecule has 4 N–H and O–H groups in total. The SMILES string of the molecule is NSCC(N)=O.[H-].[Na+]. The van der Waals surface area contributed by atoms with Crippen LogP contribution in [-0.4, -0.2) is 11.7 Å². The molecule has 0 spiro atoms. The topological polar surface area (TPSA) is 69.1 Å². The van der Waals surface area contributed by atoms with Crippen LogP contribution in [0.4, 0.5) is 0 Å². The number of hydrogen-bond acceptors (Lipinski definition) is 3. The van der Waals surface area contributed by atoms with Crippen LogP contribution in [0.1, 0.15) is 1.43 Å². The van der Waals surface area contributed by atoms with Gasteiger partial charge in [0.15, 0.2) is 0 Å². The molecule has 0 bridgehead atoms. The van der Waals surface area contributed by atoms with Crippen molar-refractivity contribution in [1.29, 1.82) is 0 Å². The Morgan fingerprint density at radius 2 is 2.29 bits per heavy atom. The van der Waals surface area contributed by atoms with E-state index < -0.39 is 0 Å². The van der Waals surface area contributed by atoms with Crippen molar-refractivity contribution in [3.8, 4) is 0 Å². The minimum atomic E-state index is -0.373. The van der Waals surface area contributed by atoms with Crippen LogP contribution in [-0.2, 0) is 4.79 Å². The fraction of sp³-hybridized carbons (Fsp3) is 0.500. The van der Waals surface area contributed by atoms with E-state index >= 15 is 0 Å². The van der Waals surface area contributed by atoms with Crippen molar-refractivity contribution < 1.29 is 35.8 Å². The molecular weight excluding hydrogens is 123 g/mol. The molecular formula is C2H7N2NaOS. The molecule has 0 unspecified atom stereocenters. The third-order valence-corrected chi connectivity index (χ3v) is 0.677. The Kier molecular flexibility index (Phi) is 10.4. The maximum atomic E-state index is 9.72. The van der Waals surface area contributed by atoms with E-state index in [1.165, 1.54) is 0 Å². The van der Waals surface area contributed by atoms with Gasteiger partial charge in [-0.25, -0.2) is 0 Å². The summed E-state index contributed by atoms with van der Waals surface area (Å²) in [7, 11) is 0. The zero-order valence-electron chi connectivity index (χ0n) is 5.18. The Balaban J connectivity index is -0.000000125. The van der Waals surface area contributed by atoms with Gasteiger partial charge in [0, 0.05) is 0 Å². The fourth-order valence-corrected chi connectivity index (χ4v) is 0.246. The zero-order chi connectivity index (χ0) is 4.99. The maximum absolute atomic E-state index is 9.72. The second kappa shape index (κ2) is 6.78. The van der Waals surface area contributed by atoms with Crippen molar-refractivity contribution in [2.75, 3.05) is 5.75 Å². The second-order valence-electron chi connectivity index (χ2n) is 0.777. The third-order valence-electron chi connectivity index (χ3n) is 0.226. The average Bonchev–Trinajstić information content (AvgIpc) is 1.35. The molecule has 0 aliphatic heterocycles. The Labute approximate surface area is 70.1 Å². The van der Waals surface area contributed by atoms with Gasteiger partial charge in [0.05, 0.1) is 5.75 Å². The van der Waals surface area contributed by atoms with Crippen molar-refractivity contribution in [3.63, 3.8) is 0 Å². The Hall–Kier alpha value is 0.780. The molecule has 38 valence electrons. The van der Waals surface area contributed by atoms with Crippen LogP contribution >= 0.6 is 11.9 Å². The van der Waals surface area contributed by atoms with Crippen molar-refractivity contribution >= 4 is 17.9 Å². The van der Waals surface area contributed by atoms with E-state index in [4.69, 9.17) is 5.14 Å². The molecule has 0 aliphatic carbocycles. The van der Waals surface area contributed by atoms with Crippen molar-refractivity contribution in [2.45, 2.75) is 0 Å². The van der Waals surface area contributed by atoms with E-state index in [1.807, 2.05) is 0 Å². The molecule has 7 heavy (non-hydrogen) atoms. The van der Waals surface area contributed by atoms with E-state index in [9.17, 15) is 4.79 Å². The van der Waals surface area contributed by atoms with E-state index in [2.05, 4.69) is 5.73 Å². The van der Waals surface area contributed by atoms with Gasteiger partial charge in [-0.2, -0.15) is 0 Å². The Morgan fingerprint density at radius 3 is 2.29 bits per heavy atom. The number of hydrogen-bond donors (Lipinski definition) is 2. The summed E-state index contributed by atoms with van der Waals surface area (Å²) >= 11 is 0.935. The van der Waals surface area contributed by atoms with Crippen molar-refractivity contribution in [3.05, 3.63) is 0 Å². The number of amides is 1. The number of carbonyl (C=O) groups excluding carboxylic acids is 1. The standard InChI is InChI=1S/C2H6N2OS.Na.H/c3-2(5)1-6-4;;/h1,4H2,(H2,3,5);;/q;+1;-1. The van der Waals surface area contributed by atoms with Crippen molar-refractivity contribution in [1.82, 2.24) is 0 Å². The molecule has 3 nitrogen and oxygen atoms in total. The van der Waals surface area contributed by atoms with Crippen LogP contribution in [0.15, 0.2) is 0 Å². The number of nitrogens with two attached hydrogens (primary N) is 2. The largest absolute Gasteiger partial charge is 1.00 e. The first-order valence-electron chi connectivity index (χ1n) is 1.37. The summed E-state index contributed by atoms with van der Waals surface area (Å²) in [6, 6.07) is 0. The monoisotopic (exact) mass is 130 g/mol. The van der Waals surface area contributed by atoms with Crippen LogP contribution < -0.4 is 40.4 Å². The first-order valence-corrected chi connectivity index (χ1v) is 2.42. The van der Waals surface area contributed by atoms with Gasteiger partial charge in [0.2, 0.25) is 5.91 Å². The van der Waals surface area contributed by atoms with E-state index in [0.29, 0.717) is 0 Å². The van der Waals surface area contributed by atoms with Crippen LogP contribution in [0.5, 0.6) is 0 Å². The third kappa shape index (κ3) is 10.8. The van der Waals surface area contributed by atoms with E-state index in [0.717, 1.165) is 11.9 Å². The van der Waals surface area contributed by atoms with Crippen LogP contribution in [0.2, 0.25) is 0 Å². The number of rotatable bonds is 2. The molecule has 0 aromatic carbocycles. The summed E-state index contributed by atoms with van der Waals surface area (Å²) in [6.45, 7) is 0. The summed E-state index contributed by atoms with van der Waals surface area (Å²) in [4.78, 5) is 9.72. The Morgan fingerprint density at radius 1 is 1.86 bits per heavy atom. The molecule has 0 fully saturated rings. The minimum absolute atomic E-state index is 0. The Bertz CT molecular complexity index is 64.0. The average molecular weight is 130 g/mol. The molecule has 0 saturated carbocycles. The van der Waals surface area contributed by atoms with E-state index in [1.54, 1.807) is 0 Å². The van der Waals surface area contributed by atoms with E-state index in [-0.39, 0.29) is 42.6 Å². The summed E-state index contributed by atoms with van der Waals surface area (Å²) in [5, 5.41) is 4.85. The molecule has 0 rings (SSSR count). The fourth-order valence-electron chi connectivity index (χ4n) is 0.0821. The maximum Gasteiger partial charge on any atom is 1.00 e. The number of carbonyl (C=O) groups is 1. The van der Waals surface area contributed by atoms with Gasteiger partial charge in [-0.3, -0.25) is 9.93 Å². The van der Waals surface area contributed by atoms with Crippen LogP contribution in [0.25, 0.3) is 0 Å². The zero-order valence-corrected chi connectivity index (χ0v) is 6.99. The quantitative estimate of drug-likeness (QED) is 0.297. The van der Waals surface area contributed by atoms with Gasteiger partial charge >= 0.3 is 29.6 Å². The molecule has 0 radical (unpaired) electrons. The first kappa shape index (κ1) is 10.7. The molecule has 0 heterocycles. The van der Waals surface area contributed by atoms with Gasteiger partial charge in [-0.15, -0.1) is 0 Å². The summed E-state index contributed by atoms with van der Waals surface area (Å²) in [5.41, 5.74) is 4.66. The van der Waals surface area contributed by atoms with Crippen molar-refractivity contribution in [2.24, 2.45) is 10.9 Å². The molecule has 0 aromatic heterocycles. The summed E-state index contributed by atoms with van der Waals surface area (Å²) in [6.07, 6.45) is 0. The van der Waals surface area contributed by atoms with Gasteiger partial charge in [-0.05, 0) is 0 Å². The molecule has 0 aromatic rings. The molecule has 1 amide bonds. The smallest absolute Gasteiger partial charge is 1.00 e. The second-order valence-corrected chi connectivity index (χ2v) is 1.40. The molecule has 0 aliphatic rings. The molecule has 0 saturated heterocycles. The summed E-state index contributed by atoms with van der Waals surface area (Å²) in [5.74, 6) is -0.164. The minimum Gasteiger partial charge on any atom is -1.00 e. The van der Waals surface area contributed by atoms with Gasteiger partial charge < -0.3 is 7.16 Å². The van der Waals surface area contributed by atoms with Gasteiger partial charge in [0.1, 0.15) is 0 Å². The van der Waals surface area contributed by atoms with Gasteiger partial charge in [-0.1, -0.05) is 11.9 Å². The van der Waals surface area contributed by atoms with Crippen LogP contribution in [0, 0.1) is 0 Å². The predicted molar refractivity (Wildman–Crippen MR) is 27.0 cm³/mol. The van der Waals surface area contributed by atoms with Crippen LogP contribution in [0.3, 0.4) is 0 Å². The van der Waals surface area contributed by atoms with Gasteiger partial charge in [0.25, 0.3) is 0 Å². The number of primary amides is 1. The molecule has 5 heteroatoms. The predicted octanol–water partition coefficient (Wildman–Crippen LogP) is -3.80. The normalized spacial score (nSPS) is 7.00. The molecule has 0 atom stereocenters. The first-order chi connectivity index (χ1) is 2.77. The summed E-state index contributed by atoms with van der Waals surface area (Å²) < 4.78 is 0.